The number of rotatable bonds is 5. The van der Waals surface area contributed by atoms with Gasteiger partial charge in [0.15, 0.2) is 5.82 Å². The third-order valence-corrected chi connectivity index (χ3v) is 4.45. The Balaban J connectivity index is 1.52. The van der Waals surface area contributed by atoms with Gasteiger partial charge < -0.3 is 9.84 Å². The van der Waals surface area contributed by atoms with E-state index in [9.17, 15) is 4.79 Å². The van der Waals surface area contributed by atoms with Crippen LogP contribution in [0.5, 0.6) is 0 Å². The molecular weight excluding hydrogens is 304 g/mol. The first-order valence-electron chi connectivity index (χ1n) is 8.56. The zero-order valence-electron chi connectivity index (χ0n) is 14.1. The van der Waals surface area contributed by atoms with Crippen LogP contribution in [0.3, 0.4) is 0 Å². The van der Waals surface area contributed by atoms with Gasteiger partial charge in [-0.25, -0.2) is 0 Å². The maximum Gasteiger partial charge on any atom is 0.246 e. The molecule has 24 heavy (non-hydrogen) atoms. The fourth-order valence-corrected chi connectivity index (χ4v) is 3.08. The van der Waals surface area contributed by atoms with Crippen LogP contribution in [0, 0.1) is 0 Å². The number of likely N-dealkylation sites (tertiary alicyclic amines) is 1. The Hall–Kier alpha value is -2.21. The minimum atomic E-state index is -0.0563. The highest BCUT2D eigenvalue weighted by Gasteiger charge is 2.24. The molecule has 0 unspecified atom stereocenters. The summed E-state index contributed by atoms with van der Waals surface area (Å²) >= 11 is 0. The van der Waals surface area contributed by atoms with Gasteiger partial charge in [-0.15, -0.1) is 0 Å². The van der Waals surface area contributed by atoms with Gasteiger partial charge in [-0.3, -0.25) is 9.69 Å². The zero-order chi connectivity index (χ0) is 16.8. The van der Waals surface area contributed by atoms with E-state index in [0.717, 1.165) is 31.4 Å². The molecule has 6 heteroatoms. The van der Waals surface area contributed by atoms with Gasteiger partial charge in [0.05, 0.1) is 12.6 Å². The quantitative estimate of drug-likeness (QED) is 0.910. The highest BCUT2D eigenvalue weighted by Crippen LogP contribution is 2.15. The molecule has 1 saturated heterocycles. The van der Waals surface area contributed by atoms with Crippen LogP contribution in [0.2, 0.25) is 0 Å². The van der Waals surface area contributed by atoms with Crippen molar-refractivity contribution in [2.75, 3.05) is 13.6 Å². The van der Waals surface area contributed by atoms with E-state index in [4.69, 9.17) is 4.52 Å². The summed E-state index contributed by atoms with van der Waals surface area (Å²) in [7, 11) is 2.01. The van der Waals surface area contributed by atoms with Crippen LogP contribution >= 0.6 is 0 Å². The van der Waals surface area contributed by atoms with Crippen molar-refractivity contribution in [2.24, 2.45) is 0 Å². The largest absolute Gasteiger partial charge is 0.346 e. The summed E-state index contributed by atoms with van der Waals surface area (Å²) < 4.78 is 5.24. The molecule has 1 aromatic carbocycles. The number of nitrogens with one attached hydrogen (secondary N) is 1. The fraction of sp³-hybridized carbons (Fsp3) is 0.500. The Morgan fingerprint density at radius 2 is 2.12 bits per heavy atom. The molecule has 0 radical (unpaired) electrons. The van der Waals surface area contributed by atoms with Gasteiger partial charge in [0.1, 0.15) is 0 Å². The standard InChI is InChI=1S/C18H24N4O2/c1-22-11-7-3-6-10-15(22)18(23)19-13-17-20-16(21-24-17)12-14-8-4-2-5-9-14/h2,4-5,8-9,15H,3,6-7,10-13H2,1H3,(H,19,23)/t15-/m0/s1. The molecule has 128 valence electrons. The third kappa shape index (κ3) is 4.41. The monoisotopic (exact) mass is 328 g/mol. The highest BCUT2D eigenvalue weighted by atomic mass is 16.5. The number of aromatic nitrogens is 2. The zero-order valence-corrected chi connectivity index (χ0v) is 14.1. The van der Waals surface area contributed by atoms with E-state index >= 15 is 0 Å². The summed E-state index contributed by atoms with van der Waals surface area (Å²) in [5, 5.41) is 6.91. The highest BCUT2D eigenvalue weighted by molar-refractivity contribution is 5.81. The Bertz CT molecular complexity index is 656. The van der Waals surface area contributed by atoms with Crippen LogP contribution < -0.4 is 5.32 Å². The number of carbonyl (C=O) groups excluding carboxylic acids is 1. The summed E-state index contributed by atoms with van der Waals surface area (Å²) in [6.07, 6.45) is 4.99. The van der Waals surface area contributed by atoms with Crippen LogP contribution in [0.25, 0.3) is 0 Å². The second kappa shape index (κ2) is 8.06. The van der Waals surface area contributed by atoms with Crippen molar-refractivity contribution in [3.05, 3.63) is 47.6 Å². The van der Waals surface area contributed by atoms with E-state index in [2.05, 4.69) is 20.4 Å². The van der Waals surface area contributed by atoms with Crippen LogP contribution in [-0.2, 0) is 17.8 Å². The molecule has 1 amide bonds. The fourth-order valence-electron chi connectivity index (χ4n) is 3.08. The lowest BCUT2D eigenvalue weighted by Gasteiger charge is -2.24. The number of hydrogen-bond acceptors (Lipinski definition) is 5. The molecule has 2 heterocycles. The third-order valence-electron chi connectivity index (χ3n) is 4.45. The van der Waals surface area contributed by atoms with Crippen molar-refractivity contribution in [2.45, 2.75) is 44.7 Å². The molecule has 1 fully saturated rings. The van der Waals surface area contributed by atoms with Gasteiger partial charge in [-0.05, 0) is 32.0 Å². The van der Waals surface area contributed by atoms with Crippen molar-refractivity contribution in [1.82, 2.24) is 20.4 Å². The average Bonchev–Trinajstić information content (AvgIpc) is 2.92. The molecule has 1 N–H and O–H groups in total. The number of nitrogens with zero attached hydrogens (tertiary/aromatic N) is 3. The van der Waals surface area contributed by atoms with E-state index < -0.39 is 0 Å². The Labute approximate surface area is 142 Å². The van der Waals surface area contributed by atoms with E-state index in [0.29, 0.717) is 18.1 Å². The van der Waals surface area contributed by atoms with Gasteiger partial charge in [0, 0.05) is 6.42 Å². The van der Waals surface area contributed by atoms with E-state index in [1.807, 2.05) is 37.4 Å². The van der Waals surface area contributed by atoms with E-state index in [1.165, 1.54) is 6.42 Å². The molecule has 2 aromatic rings. The molecule has 0 bridgehead atoms. The Morgan fingerprint density at radius 3 is 2.96 bits per heavy atom. The van der Waals surface area contributed by atoms with Crippen molar-refractivity contribution in [1.29, 1.82) is 0 Å². The second-order valence-electron chi connectivity index (χ2n) is 6.33. The topological polar surface area (TPSA) is 71.3 Å². The molecule has 1 aliphatic rings. The van der Waals surface area contributed by atoms with Crippen molar-refractivity contribution < 1.29 is 9.32 Å². The summed E-state index contributed by atoms with van der Waals surface area (Å²) in [4.78, 5) is 18.9. The van der Waals surface area contributed by atoms with Gasteiger partial charge in [0.25, 0.3) is 0 Å². The molecule has 1 atom stereocenters. The molecule has 1 aliphatic heterocycles. The SMILES string of the molecule is CN1CCCCC[C@H]1C(=O)NCc1nc(Cc2ccccc2)no1. The lowest BCUT2D eigenvalue weighted by molar-refractivity contribution is -0.126. The molecular formula is C18H24N4O2. The Morgan fingerprint density at radius 1 is 1.29 bits per heavy atom. The molecule has 6 nitrogen and oxygen atoms in total. The second-order valence-corrected chi connectivity index (χ2v) is 6.33. The van der Waals surface area contributed by atoms with Crippen molar-refractivity contribution in [3.63, 3.8) is 0 Å². The predicted molar refractivity (Wildman–Crippen MR) is 90.3 cm³/mol. The first-order valence-corrected chi connectivity index (χ1v) is 8.56. The number of hydrogen-bond donors (Lipinski definition) is 1. The van der Waals surface area contributed by atoms with E-state index in [-0.39, 0.29) is 18.5 Å². The summed E-state index contributed by atoms with van der Waals surface area (Å²) in [5.74, 6) is 1.13. The summed E-state index contributed by atoms with van der Waals surface area (Å²) in [5.41, 5.74) is 1.13. The van der Waals surface area contributed by atoms with Crippen LogP contribution in [0.1, 0.15) is 43.0 Å². The van der Waals surface area contributed by atoms with E-state index in [1.54, 1.807) is 0 Å². The summed E-state index contributed by atoms with van der Waals surface area (Å²) in [6, 6.07) is 9.95. The van der Waals surface area contributed by atoms with Crippen molar-refractivity contribution in [3.8, 4) is 0 Å². The minimum Gasteiger partial charge on any atom is -0.346 e. The van der Waals surface area contributed by atoms with Gasteiger partial charge >= 0.3 is 0 Å². The maximum atomic E-state index is 12.4. The number of amides is 1. The van der Waals surface area contributed by atoms with Crippen molar-refractivity contribution >= 4 is 5.91 Å². The average molecular weight is 328 g/mol. The van der Waals surface area contributed by atoms with Gasteiger partial charge in [-0.2, -0.15) is 4.98 Å². The molecule has 0 aliphatic carbocycles. The first-order chi connectivity index (χ1) is 11.7. The number of carbonyl (C=O) groups is 1. The van der Waals surface area contributed by atoms with Gasteiger partial charge in [0.2, 0.25) is 11.8 Å². The lowest BCUT2D eigenvalue weighted by Crippen LogP contribution is -2.44. The normalized spacial score (nSPS) is 19.0. The summed E-state index contributed by atoms with van der Waals surface area (Å²) in [6.45, 7) is 1.25. The number of benzene rings is 1. The molecule has 1 aromatic heterocycles. The lowest BCUT2D eigenvalue weighted by atomic mass is 10.1. The molecule has 0 spiro atoms. The minimum absolute atomic E-state index is 0.0437. The van der Waals surface area contributed by atoms with Crippen LogP contribution in [0.4, 0.5) is 0 Å². The van der Waals surface area contributed by atoms with Crippen LogP contribution in [-0.4, -0.2) is 40.6 Å². The molecule has 3 rings (SSSR count). The van der Waals surface area contributed by atoms with Crippen LogP contribution in [0.15, 0.2) is 34.9 Å². The molecule has 0 saturated carbocycles. The maximum absolute atomic E-state index is 12.4. The number of likely N-dealkylation sites (N-methyl/N-ethyl adjacent to an activating group) is 1. The smallest absolute Gasteiger partial charge is 0.246 e. The Kier molecular flexibility index (Phi) is 5.59. The first kappa shape index (κ1) is 16.6. The van der Waals surface area contributed by atoms with Gasteiger partial charge in [-0.1, -0.05) is 48.3 Å². The predicted octanol–water partition coefficient (Wildman–Crippen LogP) is 2.15.